The minimum Gasteiger partial charge on any atom is -0.353 e. The molecule has 142 valence electrons. The van der Waals surface area contributed by atoms with Gasteiger partial charge in [0.25, 0.3) is 5.91 Å². The Hall–Kier alpha value is -4.07. The molecule has 0 spiro atoms. The number of nitrogens with one attached hydrogen (secondary N) is 1. The van der Waals surface area contributed by atoms with Crippen molar-refractivity contribution in [1.29, 1.82) is 0 Å². The van der Waals surface area contributed by atoms with Gasteiger partial charge in [0.05, 0.1) is 17.4 Å². The smallest absolute Gasteiger partial charge is 0.253 e. The molecule has 8 nitrogen and oxygen atoms in total. The summed E-state index contributed by atoms with van der Waals surface area (Å²) in [6, 6.07) is 9.26. The maximum atomic E-state index is 12.3. The number of anilines is 2. The molecule has 0 bridgehead atoms. The summed E-state index contributed by atoms with van der Waals surface area (Å²) in [5, 5.41) is 4.29. The van der Waals surface area contributed by atoms with Gasteiger partial charge in [-0.25, -0.2) is 9.97 Å². The van der Waals surface area contributed by atoms with E-state index in [0.717, 1.165) is 27.9 Å². The van der Waals surface area contributed by atoms with Gasteiger partial charge in [0, 0.05) is 55.5 Å². The second kappa shape index (κ2) is 6.52. The first-order valence-electron chi connectivity index (χ1n) is 9.06. The van der Waals surface area contributed by atoms with Gasteiger partial charge < -0.3 is 10.2 Å². The van der Waals surface area contributed by atoms with Gasteiger partial charge in [-0.1, -0.05) is 6.07 Å². The molecule has 0 saturated carbocycles. The lowest BCUT2D eigenvalue weighted by Crippen LogP contribution is -2.21. The largest absolute Gasteiger partial charge is 0.353 e. The number of benzene rings is 1. The third-order valence-electron chi connectivity index (χ3n) is 4.72. The Kier molecular flexibility index (Phi) is 3.83. The van der Waals surface area contributed by atoms with Crippen LogP contribution in [0.15, 0.2) is 61.3 Å². The summed E-state index contributed by atoms with van der Waals surface area (Å²) < 4.78 is 1.90. The van der Waals surface area contributed by atoms with E-state index in [1.807, 2.05) is 34.9 Å². The van der Waals surface area contributed by atoms with Crippen LogP contribution in [0.4, 0.5) is 11.4 Å². The fraction of sp³-hybridized carbons (Fsp3) is 0.0952. The van der Waals surface area contributed by atoms with E-state index in [2.05, 4.69) is 15.3 Å². The van der Waals surface area contributed by atoms with Gasteiger partial charge in [-0.2, -0.15) is 0 Å². The molecule has 0 atom stereocenters. The Morgan fingerprint density at radius 2 is 1.93 bits per heavy atom. The Morgan fingerprint density at radius 1 is 1.07 bits per heavy atom. The Bertz CT molecular complexity index is 1390. The summed E-state index contributed by atoms with van der Waals surface area (Å²) in [6.45, 7) is 0. The van der Waals surface area contributed by atoms with Crippen LogP contribution in [0.1, 0.15) is 10.4 Å². The lowest BCUT2D eigenvalue weighted by molar-refractivity contribution is 0.0827. The number of fused-ring (bicyclic) bond motifs is 4. The second-order valence-electron chi connectivity index (χ2n) is 6.87. The number of rotatable bonds is 3. The highest BCUT2D eigenvalue weighted by Gasteiger charge is 2.16. The number of amides is 1. The first-order chi connectivity index (χ1) is 14.1. The third kappa shape index (κ3) is 2.82. The zero-order chi connectivity index (χ0) is 20.0. The van der Waals surface area contributed by atoms with Crippen LogP contribution >= 0.6 is 0 Å². The van der Waals surface area contributed by atoms with Crippen molar-refractivity contribution >= 4 is 45.0 Å². The van der Waals surface area contributed by atoms with Gasteiger partial charge in [-0.15, -0.1) is 0 Å². The predicted octanol–water partition coefficient (Wildman–Crippen LogP) is 3.27. The monoisotopic (exact) mass is 383 g/mol. The molecule has 1 N–H and O–H groups in total. The summed E-state index contributed by atoms with van der Waals surface area (Å²) in [7, 11) is 3.47. The number of imidazole rings is 1. The standard InChI is InChI=1S/C21H17N7O/c1-27(2)21(29)13-4-3-5-14(10-13)24-18-15-11-22-7-6-16(15)25-20-19(18)26-17-12-23-8-9-28(17)20/h3-12H,1-2H3,(H,24,25). The first kappa shape index (κ1) is 17.1. The van der Waals surface area contributed by atoms with Crippen molar-refractivity contribution < 1.29 is 4.79 Å². The summed E-state index contributed by atoms with van der Waals surface area (Å²) in [4.78, 5) is 31.8. The number of nitrogens with zero attached hydrogens (tertiary/aromatic N) is 6. The van der Waals surface area contributed by atoms with E-state index in [4.69, 9.17) is 9.97 Å². The van der Waals surface area contributed by atoms with Crippen molar-refractivity contribution in [1.82, 2.24) is 29.2 Å². The maximum absolute atomic E-state index is 12.3. The van der Waals surface area contributed by atoms with Crippen molar-refractivity contribution in [3.05, 3.63) is 66.9 Å². The Morgan fingerprint density at radius 3 is 2.79 bits per heavy atom. The van der Waals surface area contributed by atoms with E-state index in [9.17, 15) is 4.79 Å². The van der Waals surface area contributed by atoms with Crippen LogP contribution in [0.25, 0.3) is 27.7 Å². The molecule has 0 unspecified atom stereocenters. The van der Waals surface area contributed by atoms with E-state index in [0.29, 0.717) is 16.7 Å². The number of carbonyl (C=O) groups is 1. The lowest BCUT2D eigenvalue weighted by Gasteiger charge is -2.13. The molecular weight excluding hydrogens is 366 g/mol. The van der Waals surface area contributed by atoms with Crippen molar-refractivity contribution in [3.8, 4) is 0 Å². The van der Waals surface area contributed by atoms with Gasteiger partial charge in [0.1, 0.15) is 5.52 Å². The number of hydrogen-bond donors (Lipinski definition) is 1. The summed E-state index contributed by atoms with van der Waals surface area (Å²) in [5.41, 5.74) is 5.12. The van der Waals surface area contributed by atoms with Crippen LogP contribution in [0, 0.1) is 0 Å². The van der Waals surface area contributed by atoms with Crippen LogP contribution in [0.5, 0.6) is 0 Å². The number of hydrogen-bond acceptors (Lipinski definition) is 6. The van der Waals surface area contributed by atoms with Gasteiger partial charge in [-0.05, 0) is 24.3 Å². The zero-order valence-electron chi connectivity index (χ0n) is 15.9. The number of pyridine rings is 2. The van der Waals surface area contributed by atoms with Crippen LogP contribution < -0.4 is 5.32 Å². The highest BCUT2D eigenvalue weighted by atomic mass is 16.2. The quantitative estimate of drug-likeness (QED) is 0.514. The molecule has 0 aliphatic heterocycles. The van der Waals surface area contributed by atoms with E-state index in [1.165, 1.54) is 0 Å². The lowest BCUT2D eigenvalue weighted by atomic mass is 10.1. The predicted molar refractivity (Wildman–Crippen MR) is 111 cm³/mol. The molecule has 8 heteroatoms. The van der Waals surface area contributed by atoms with E-state index in [-0.39, 0.29) is 5.91 Å². The Balaban J connectivity index is 1.73. The maximum Gasteiger partial charge on any atom is 0.253 e. The molecule has 1 amide bonds. The molecule has 0 fully saturated rings. The summed E-state index contributed by atoms with van der Waals surface area (Å²) in [5.74, 6) is -0.0566. The molecule has 1 aromatic carbocycles. The zero-order valence-corrected chi connectivity index (χ0v) is 15.9. The van der Waals surface area contributed by atoms with Crippen LogP contribution in [0.2, 0.25) is 0 Å². The highest BCUT2D eigenvalue weighted by molar-refractivity contribution is 6.07. The minimum atomic E-state index is -0.0566. The van der Waals surface area contributed by atoms with Crippen LogP contribution in [-0.2, 0) is 0 Å². The molecule has 4 aromatic heterocycles. The fourth-order valence-electron chi connectivity index (χ4n) is 3.35. The molecule has 0 radical (unpaired) electrons. The normalized spacial score (nSPS) is 11.2. The topological polar surface area (TPSA) is 88.3 Å². The molecule has 0 saturated heterocycles. The van der Waals surface area contributed by atoms with E-state index < -0.39 is 0 Å². The summed E-state index contributed by atoms with van der Waals surface area (Å²) >= 11 is 0. The molecule has 0 aliphatic carbocycles. The number of aromatic nitrogens is 5. The van der Waals surface area contributed by atoms with Gasteiger partial charge in [0.2, 0.25) is 0 Å². The van der Waals surface area contributed by atoms with E-state index in [1.54, 1.807) is 49.8 Å². The van der Waals surface area contributed by atoms with Crippen LogP contribution in [-0.4, -0.2) is 49.2 Å². The number of carbonyl (C=O) groups excluding carboxylic acids is 1. The summed E-state index contributed by atoms with van der Waals surface area (Å²) in [6.07, 6.45) is 8.72. The van der Waals surface area contributed by atoms with Crippen molar-refractivity contribution in [3.63, 3.8) is 0 Å². The van der Waals surface area contributed by atoms with E-state index >= 15 is 0 Å². The average Bonchev–Trinajstić information content (AvgIpc) is 3.12. The SMILES string of the molecule is CN(C)C(=O)c1cccc(Nc2c3cnccc3nc3c2nc2cnccn23)c1. The van der Waals surface area contributed by atoms with Gasteiger partial charge in [0.15, 0.2) is 11.3 Å². The molecule has 4 heterocycles. The fourth-order valence-corrected chi connectivity index (χ4v) is 3.35. The van der Waals surface area contributed by atoms with Gasteiger partial charge >= 0.3 is 0 Å². The molecule has 29 heavy (non-hydrogen) atoms. The second-order valence-corrected chi connectivity index (χ2v) is 6.87. The molecule has 5 aromatic rings. The van der Waals surface area contributed by atoms with Crippen molar-refractivity contribution in [2.45, 2.75) is 0 Å². The third-order valence-corrected chi connectivity index (χ3v) is 4.72. The Labute approximate surface area is 165 Å². The van der Waals surface area contributed by atoms with Gasteiger partial charge in [-0.3, -0.25) is 19.2 Å². The molecule has 5 rings (SSSR count). The van der Waals surface area contributed by atoms with Crippen molar-refractivity contribution in [2.24, 2.45) is 0 Å². The molecule has 0 aliphatic rings. The van der Waals surface area contributed by atoms with Crippen LogP contribution in [0.3, 0.4) is 0 Å². The average molecular weight is 383 g/mol. The molecular formula is C21H17N7O. The highest BCUT2D eigenvalue weighted by Crippen LogP contribution is 2.32. The minimum absolute atomic E-state index is 0.0566. The van der Waals surface area contributed by atoms with Crippen molar-refractivity contribution in [2.75, 3.05) is 19.4 Å². The first-order valence-corrected chi connectivity index (χ1v) is 9.06.